The van der Waals surface area contributed by atoms with E-state index in [1.54, 1.807) is 0 Å². The molecule has 3 heterocycles. The molecule has 132 valence electrons. The molecule has 11 heteroatoms. The fraction of sp³-hybridized carbons (Fsp3) is 0.357. The molecule has 0 N–H and O–H groups in total. The Balaban J connectivity index is 1.59. The zero-order valence-corrected chi connectivity index (χ0v) is 13.9. The number of aryl methyl sites for hydroxylation is 1. The Morgan fingerprint density at radius 3 is 2.52 bits per heavy atom. The quantitative estimate of drug-likeness (QED) is 0.716. The van der Waals surface area contributed by atoms with Gasteiger partial charge in [0.05, 0.1) is 16.5 Å². The largest absolute Gasteiger partial charge is 0.439 e. The first-order chi connectivity index (χ1) is 11.8. The summed E-state index contributed by atoms with van der Waals surface area (Å²) in [6.45, 7) is -0.301. The van der Waals surface area contributed by atoms with Gasteiger partial charge >= 0.3 is 11.8 Å². The minimum absolute atomic E-state index is 0.00479. The third-order valence-corrected chi connectivity index (χ3v) is 6.21. The second kappa shape index (κ2) is 5.17. The summed E-state index contributed by atoms with van der Waals surface area (Å²) in [5, 5.41) is 0. The van der Waals surface area contributed by atoms with Gasteiger partial charge in [0.15, 0.2) is 12.2 Å². The van der Waals surface area contributed by atoms with Crippen LogP contribution in [0.1, 0.15) is 0 Å². The van der Waals surface area contributed by atoms with E-state index in [1.807, 2.05) is 0 Å². The van der Waals surface area contributed by atoms with Gasteiger partial charge < -0.3 is 9.15 Å². The fourth-order valence-electron chi connectivity index (χ4n) is 2.91. The van der Waals surface area contributed by atoms with Crippen molar-refractivity contribution in [2.45, 2.75) is 10.9 Å². The average molecular weight is 367 g/mol. The Kier molecular flexibility index (Phi) is 3.27. The van der Waals surface area contributed by atoms with Crippen LogP contribution in [0.25, 0.3) is 11.1 Å². The standard InChI is InChI=1S/C14H13N3O7S/c1-15-10-4-9(2-3-11(10)24-13(15)19)25(21,22)16-5-8(6-16)17-12(18)7-23-14(17)20/h2-4,8H,5-7H2,1H3. The number of rotatable bonds is 3. The van der Waals surface area contributed by atoms with Crippen LogP contribution in [0.15, 0.2) is 32.3 Å². The van der Waals surface area contributed by atoms with Crippen LogP contribution in [-0.4, -0.2) is 59.9 Å². The average Bonchev–Trinajstić information content (AvgIpc) is 2.99. The van der Waals surface area contributed by atoms with Crippen molar-refractivity contribution in [3.8, 4) is 0 Å². The first-order valence-corrected chi connectivity index (χ1v) is 8.81. The van der Waals surface area contributed by atoms with Gasteiger partial charge in [0.1, 0.15) is 0 Å². The normalized spacial score (nSPS) is 19.5. The molecular formula is C14H13N3O7S. The maximum atomic E-state index is 12.7. The third-order valence-electron chi connectivity index (χ3n) is 4.38. The van der Waals surface area contributed by atoms with Crippen molar-refractivity contribution in [2.24, 2.45) is 7.05 Å². The molecule has 0 aliphatic carbocycles. The molecule has 10 nitrogen and oxygen atoms in total. The van der Waals surface area contributed by atoms with Gasteiger partial charge in [-0.25, -0.2) is 22.9 Å². The minimum atomic E-state index is -3.81. The number of amides is 2. The van der Waals surface area contributed by atoms with Crippen LogP contribution in [0.2, 0.25) is 0 Å². The molecule has 0 unspecified atom stereocenters. The highest BCUT2D eigenvalue weighted by molar-refractivity contribution is 7.89. The van der Waals surface area contributed by atoms with E-state index in [0.717, 1.165) is 9.21 Å². The molecule has 4 rings (SSSR count). The first kappa shape index (κ1) is 15.8. The van der Waals surface area contributed by atoms with Crippen molar-refractivity contribution in [3.05, 3.63) is 28.7 Å². The van der Waals surface area contributed by atoms with Crippen LogP contribution < -0.4 is 5.76 Å². The number of hydrogen-bond acceptors (Lipinski definition) is 7. The summed E-state index contributed by atoms with van der Waals surface area (Å²) in [7, 11) is -2.33. The topological polar surface area (TPSA) is 119 Å². The number of cyclic esters (lactones) is 1. The van der Waals surface area contributed by atoms with Crippen molar-refractivity contribution in [3.63, 3.8) is 0 Å². The van der Waals surface area contributed by atoms with Crippen molar-refractivity contribution < 1.29 is 27.2 Å². The molecule has 1 aromatic carbocycles. The number of aromatic nitrogens is 1. The van der Waals surface area contributed by atoms with Gasteiger partial charge in [-0.2, -0.15) is 4.31 Å². The van der Waals surface area contributed by atoms with E-state index in [1.165, 1.54) is 29.8 Å². The molecule has 2 saturated heterocycles. The molecule has 0 radical (unpaired) electrons. The van der Waals surface area contributed by atoms with E-state index >= 15 is 0 Å². The van der Waals surface area contributed by atoms with Gasteiger partial charge in [-0.1, -0.05) is 0 Å². The zero-order chi connectivity index (χ0) is 17.9. The number of nitrogens with zero attached hydrogens (tertiary/aromatic N) is 3. The minimum Gasteiger partial charge on any atom is -0.439 e. The van der Waals surface area contributed by atoms with E-state index < -0.39 is 33.8 Å². The fourth-order valence-corrected chi connectivity index (χ4v) is 4.44. The number of oxazole rings is 1. The molecule has 0 spiro atoms. The third kappa shape index (κ3) is 2.27. The van der Waals surface area contributed by atoms with Gasteiger partial charge in [-0.05, 0) is 18.2 Å². The van der Waals surface area contributed by atoms with E-state index in [-0.39, 0.29) is 24.6 Å². The van der Waals surface area contributed by atoms with Crippen LogP contribution in [-0.2, 0) is 26.6 Å². The second-order valence-electron chi connectivity index (χ2n) is 5.85. The molecule has 2 aliphatic rings. The monoisotopic (exact) mass is 367 g/mol. The van der Waals surface area contributed by atoms with Crippen LogP contribution in [0.5, 0.6) is 0 Å². The van der Waals surface area contributed by atoms with Crippen LogP contribution >= 0.6 is 0 Å². The SMILES string of the molecule is Cn1c(=O)oc2ccc(S(=O)(=O)N3CC(N4C(=O)COC4=O)C3)cc21. The Bertz CT molecular complexity index is 1050. The number of benzene rings is 1. The summed E-state index contributed by atoms with van der Waals surface area (Å²) in [5.74, 6) is -1.05. The Labute approximate surface area is 141 Å². The lowest BCUT2D eigenvalue weighted by Gasteiger charge is -2.40. The van der Waals surface area contributed by atoms with E-state index in [9.17, 15) is 22.8 Å². The highest BCUT2D eigenvalue weighted by atomic mass is 32.2. The van der Waals surface area contributed by atoms with Crippen molar-refractivity contribution in [2.75, 3.05) is 19.7 Å². The van der Waals surface area contributed by atoms with E-state index in [0.29, 0.717) is 11.1 Å². The lowest BCUT2D eigenvalue weighted by Crippen LogP contribution is -2.62. The number of hydrogen-bond donors (Lipinski definition) is 0. The summed E-state index contributed by atoms with van der Waals surface area (Å²) < 4.78 is 37.4. The number of imide groups is 1. The Morgan fingerprint density at radius 2 is 1.88 bits per heavy atom. The highest BCUT2D eigenvalue weighted by Gasteiger charge is 2.46. The van der Waals surface area contributed by atoms with Crippen molar-refractivity contribution >= 4 is 33.1 Å². The number of ether oxygens (including phenoxy) is 1. The number of carbonyl (C=O) groups excluding carboxylic acids is 2. The molecule has 2 aliphatic heterocycles. The second-order valence-corrected chi connectivity index (χ2v) is 7.79. The maximum Gasteiger partial charge on any atom is 0.419 e. The molecule has 25 heavy (non-hydrogen) atoms. The van der Waals surface area contributed by atoms with Gasteiger partial charge in [-0.3, -0.25) is 9.36 Å². The van der Waals surface area contributed by atoms with Gasteiger partial charge in [0.25, 0.3) is 5.91 Å². The van der Waals surface area contributed by atoms with Gasteiger partial charge in [0.2, 0.25) is 10.0 Å². The summed E-state index contributed by atoms with van der Waals surface area (Å²) >= 11 is 0. The lowest BCUT2D eigenvalue weighted by molar-refractivity contribution is -0.128. The molecule has 0 bridgehead atoms. The molecule has 2 fully saturated rings. The lowest BCUT2D eigenvalue weighted by atomic mass is 10.1. The predicted molar refractivity (Wildman–Crippen MR) is 82.2 cm³/mol. The highest BCUT2D eigenvalue weighted by Crippen LogP contribution is 2.27. The number of fused-ring (bicyclic) bond motifs is 1. The predicted octanol–water partition coefficient (Wildman–Crippen LogP) is -0.517. The van der Waals surface area contributed by atoms with Crippen LogP contribution in [0.4, 0.5) is 4.79 Å². The Morgan fingerprint density at radius 1 is 1.16 bits per heavy atom. The smallest absolute Gasteiger partial charge is 0.419 e. The maximum absolute atomic E-state index is 12.7. The molecule has 2 amide bonds. The summed E-state index contributed by atoms with van der Waals surface area (Å²) in [6.07, 6.45) is -0.748. The molecule has 2 aromatic rings. The number of sulfonamides is 1. The van der Waals surface area contributed by atoms with Gasteiger partial charge in [-0.15, -0.1) is 0 Å². The molecular weight excluding hydrogens is 354 g/mol. The Hall–Kier alpha value is -2.66. The number of carbonyl (C=O) groups is 2. The summed E-state index contributed by atoms with van der Waals surface area (Å²) in [5.41, 5.74) is 0.653. The molecule has 0 atom stereocenters. The summed E-state index contributed by atoms with van der Waals surface area (Å²) in [4.78, 5) is 35.6. The summed E-state index contributed by atoms with van der Waals surface area (Å²) in [6, 6.07) is 3.60. The molecule has 1 aromatic heterocycles. The molecule has 0 saturated carbocycles. The van der Waals surface area contributed by atoms with Crippen molar-refractivity contribution in [1.29, 1.82) is 0 Å². The van der Waals surface area contributed by atoms with Crippen LogP contribution in [0.3, 0.4) is 0 Å². The van der Waals surface area contributed by atoms with Gasteiger partial charge in [0, 0.05) is 20.1 Å². The van der Waals surface area contributed by atoms with E-state index in [2.05, 4.69) is 4.74 Å². The van der Waals surface area contributed by atoms with Crippen LogP contribution in [0, 0.1) is 0 Å². The van der Waals surface area contributed by atoms with Crippen molar-refractivity contribution in [1.82, 2.24) is 13.8 Å². The zero-order valence-electron chi connectivity index (χ0n) is 13.0. The van der Waals surface area contributed by atoms with E-state index in [4.69, 9.17) is 4.42 Å². The first-order valence-electron chi connectivity index (χ1n) is 7.37.